The van der Waals surface area contributed by atoms with Crippen LogP contribution in [0.15, 0.2) is 65.5 Å². The molecule has 3 rings (SSSR count). The SMILES string of the molecule is Cc1c(NC(=O)COC(=O)/C=C/c2ccc(C#N)cc2)c(=O)n(-c2ccccc2)n1C. The third-order valence-electron chi connectivity index (χ3n) is 4.62. The first kappa shape index (κ1) is 21.3. The number of benzene rings is 2. The summed E-state index contributed by atoms with van der Waals surface area (Å²) in [5.41, 5.74) is 2.19. The molecule has 0 fully saturated rings. The molecule has 2 aromatic carbocycles. The molecule has 1 heterocycles. The van der Waals surface area contributed by atoms with E-state index in [0.29, 0.717) is 22.5 Å². The lowest BCUT2D eigenvalue weighted by Gasteiger charge is -2.07. The molecule has 1 amide bonds. The molecule has 0 saturated heterocycles. The average Bonchev–Trinajstić information content (AvgIpc) is 3.00. The summed E-state index contributed by atoms with van der Waals surface area (Å²) in [5.74, 6) is -1.32. The third kappa shape index (κ3) is 4.97. The molecule has 0 spiro atoms. The second-order valence-electron chi connectivity index (χ2n) is 6.66. The van der Waals surface area contributed by atoms with Gasteiger partial charge in [-0.2, -0.15) is 5.26 Å². The topological polar surface area (TPSA) is 106 Å². The number of nitrogens with zero attached hydrogens (tertiary/aromatic N) is 3. The van der Waals surface area contributed by atoms with Crippen molar-refractivity contribution in [3.8, 4) is 11.8 Å². The van der Waals surface area contributed by atoms with Crippen molar-refractivity contribution in [1.29, 1.82) is 5.26 Å². The van der Waals surface area contributed by atoms with Gasteiger partial charge in [0, 0.05) is 13.1 Å². The number of aromatic nitrogens is 2. The number of ether oxygens (including phenoxy) is 1. The Bertz CT molecular complexity index is 1230. The third-order valence-corrected chi connectivity index (χ3v) is 4.62. The number of nitrogens with one attached hydrogen (secondary N) is 1. The number of carbonyl (C=O) groups excluding carboxylic acids is 2. The highest BCUT2D eigenvalue weighted by molar-refractivity contribution is 5.95. The zero-order valence-corrected chi connectivity index (χ0v) is 17.0. The predicted molar refractivity (Wildman–Crippen MR) is 116 cm³/mol. The molecule has 156 valence electrons. The highest BCUT2D eigenvalue weighted by Gasteiger charge is 2.18. The molecule has 1 N–H and O–H groups in total. The Hall–Kier alpha value is -4.38. The Balaban J connectivity index is 1.62. The Morgan fingerprint density at radius 1 is 1.13 bits per heavy atom. The van der Waals surface area contributed by atoms with Gasteiger partial charge in [-0.1, -0.05) is 30.3 Å². The fraction of sp³-hybridized carbons (Fsp3) is 0.130. The van der Waals surface area contributed by atoms with Crippen LogP contribution in [0.3, 0.4) is 0 Å². The summed E-state index contributed by atoms with van der Waals surface area (Å²) in [6.45, 7) is 1.18. The van der Waals surface area contributed by atoms with Crippen LogP contribution in [-0.4, -0.2) is 27.8 Å². The lowest BCUT2D eigenvalue weighted by molar-refractivity contribution is -0.142. The molecular weight excluding hydrogens is 396 g/mol. The summed E-state index contributed by atoms with van der Waals surface area (Å²) >= 11 is 0. The van der Waals surface area contributed by atoms with Crippen molar-refractivity contribution in [2.24, 2.45) is 7.05 Å². The van der Waals surface area contributed by atoms with Crippen molar-refractivity contribution in [3.63, 3.8) is 0 Å². The van der Waals surface area contributed by atoms with Crippen LogP contribution < -0.4 is 10.9 Å². The zero-order valence-electron chi connectivity index (χ0n) is 17.0. The van der Waals surface area contributed by atoms with Gasteiger partial charge >= 0.3 is 5.97 Å². The van der Waals surface area contributed by atoms with Gasteiger partial charge in [0.1, 0.15) is 5.69 Å². The number of nitriles is 1. The highest BCUT2D eigenvalue weighted by Crippen LogP contribution is 2.14. The van der Waals surface area contributed by atoms with E-state index in [0.717, 1.165) is 0 Å². The Morgan fingerprint density at radius 3 is 2.45 bits per heavy atom. The van der Waals surface area contributed by atoms with E-state index >= 15 is 0 Å². The van der Waals surface area contributed by atoms with Crippen molar-refractivity contribution in [3.05, 3.63) is 87.8 Å². The molecule has 8 heteroatoms. The van der Waals surface area contributed by atoms with Gasteiger partial charge in [0.15, 0.2) is 6.61 Å². The number of esters is 1. The van der Waals surface area contributed by atoms with Gasteiger partial charge in [0.2, 0.25) is 0 Å². The van der Waals surface area contributed by atoms with Crippen LogP contribution in [0.1, 0.15) is 16.8 Å². The van der Waals surface area contributed by atoms with Crippen LogP contribution in [-0.2, 0) is 21.4 Å². The summed E-state index contributed by atoms with van der Waals surface area (Å²) in [4.78, 5) is 36.9. The number of hydrogen-bond donors (Lipinski definition) is 1. The standard InChI is InChI=1S/C23H20N4O4/c1-16-22(23(30)27(26(16)2)19-6-4-3-5-7-19)25-20(28)15-31-21(29)13-12-17-8-10-18(14-24)11-9-17/h3-13H,15H2,1-2H3,(H,25,28)/b13-12+. The second-order valence-corrected chi connectivity index (χ2v) is 6.66. The van der Waals surface area contributed by atoms with Crippen LogP contribution in [0.4, 0.5) is 5.69 Å². The first-order valence-electron chi connectivity index (χ1n) is 9.39. The van der Waals surface area contributed by atoms with Gasteiger partial charge in [-0.15, -0.1) is 0 Å². The van der Waals surface area contributed by atoms with E-state index < -0.39 is 18.5 Å². The number of rotatable bonds is 6. The first-order valence-corrected chi connectivity index (χ1v) is 9.39. The van der Waals surface area contributed by atoms with E-state index in [2.05, 4.69) is 5.32 Å². The average molecular weight is 416 g/mol. The van der Waals surface area contributed by atoms with Crippen LogP contribution in [0, 0.1) is 18.3 Å². The molecule has 0 aliphatic carbocycles. The molecule has 3 aromatic rings. The lowest BCUT2D eigenvalue weighted by Crippen LogP contribution is -2.25. The van der Waals surface area contributed by atoms with Gasteiger partial charge < -0.3 is 10.1 Å². The number of hydrogen-bond acceptors (Lipinski definition) is 5. The molecule has 0 aliphatic rings. The molecule has 8 nitrogen and oxygen atoms in total. The molecule has 0 aliphatic heterocycles. The van der Waals surface area contributed by atoms with E-state index in [4.69, 9.17) is 10.00 Å². The van der Waals surface area contributed by atoms with Gasteiger partial charge in [-0.05, 0) is 42.8 Å². The van der Waals surface area contributed by atoms with Crippen molar-refractivity contribution in [2.45, 2.75) is 6.92 Å². The minimum atomic E-state index is -0.703. The first-order chi connectivity index (χ1) is 14.9. The van der Waals surface area contributed by atoms with Crippen LogP contribution in [0.5, 0.6) is 0 Å². The summed E-state index contributed by atoms with van der Waals surface area (Å²) in [6.07, 6.45) is 2.70. The molecule has 1 aromatic heterocycles. The predicted octanol–water partition coefficient (Wildman–Crippen LogP) is 2.55. The summed E-state index contributed by atoms with van der Waals surface area (Å²) in [6, 6.07) is 17.7. The minimum absolute atomic E-state index is 0.125. The molecule has 31 heavy (non-hydrogen) atoms. The summed E-state index contributed by atoms with van der Waals surface area (Å²) in [5, 5.41) is 11.3. The Morgan fingerprint density at radius 2 is 1.81 bits per heavy atom. The maximum Gasteiger partial charge on any atom is 0.331 e. The molecular formula is C23H20N4O4. The van der Waals surface area contributed by atoms with Crippen molar-refractivity contribution in [1.82, 2.24) is 9.36 Å². The van der Waals surface area contributed by atoms with E-state index in [1.807, 2.05) is 24.3 Å². The van der Waals surface area contributed by atoms with Crippen molar-refractivity contribution in [2.75, 3.05) is 11.9 Å². The maximum absolute atomic E-state index is 12.8. The molecule has 0 unspecified atom stereocenters. The molecule has 0 radical (unpaired) electrons. The van der Waals surface area contributed by atoms with E-state index in [-0.39, 0.29) is 11.2 Å². The van der Waals surface area contributed by atoms with Gasteiger partial charge in [-0.25, -0.2) is 9.48 Å². The van der Waals surface area contributed by atoms with E-state index in [9.17, 15) is 14.4 Å². The quantitative estimate of drug-likeness (QED) is 0.491. The summed E-state index contributed by atoms with van der Waals surface area (Å²) in [7, 11) is 1.72. The largest absolute Gasteiger partial charge is 0.452 e. The summed E-state index contributed by atoms with van der Waals surface area (Å²) < 4.78 is 8.02. The molecule has 0 saturated carbocycles. The minimum Gasteiger partial charge on any atom is -0.452 e. The highest BCUT2D eigenvalue weighted by atomic mass is 16.5. The lowest BCUT2D eigenvalue weighted by atomic mass is 10.1. The van der Waals surface area contributed by atoms with Gasteiger partial charge in [0.25, 0.3) is 11.5 Å². The fourth-order valence-electron chi connectivity index (χ4n) is 2.91. The fourth-order valence-corrected chi connectivity index (χ4v) is 2.91. The van der Waals surface area contributed by atoms with Crippen molar-refractivity contribution < 1.29 is 14.3 Å². The van der Waals surface area contributed by atoms with E-state index in [1.165, 1.54) is 16.8 Å². The number of para-hydroxylation sites is 1. The second kappa shape index (κ2) is 9.41. The van der Waals surface area contributed by atoms with E-state index in [1.54, 1.807) is 55.1 Å². The van der Waals surface area contributed by atoms with Gasteiger partial charge in [-0.3, -0.25) is 14.3 Å². The normalized spacial score (nSPS) is 10.6. The van der Waals surface area contributed by atoms with Crippen LogP contribution in [0.25, 0.3) is 11.8 Å². The molecule has 0 bridgehead atoms. The smallest absolute Gasteiger partial charge is 0.331 e. The Labute approximate surface area is 178 Å². The van der Waals surface area contributed by atoms with Crippen LogP contribution >= 0.6 is 0 Å². The number of carbonyl (C=O) groups is 2. The Kier molecular flexibility index (Phi) is 6.48. The van der Waals surface area contributed by atoms with Gasteiger partial charge in [0.05, 0.1) is 23.0 Å². The van der Waals surface area contributed by atoms with Crippen LogP contribution in [0.2, 0.25) is 0 Å². The number of anilines is 1. The number of amides is 1. The maximum atomic E-state index is 12.8. The van der Waals surface area contributed by atoms with Crippen molar-refractivity contribution >= 4 is 23.6 Å². The monoisotopic (exact) mass is 416 g/mol. The zero-order chi connectivity index (χ0) is 22.4. The molecule has 0 atom stereocenters.